The summed E-state index contributed by atoms with van der Waals surface area (Å²) in [6.45, 7) is 3.61. The maximum Gasteiger partial charge on any atom is 0.333 e. The molecule has 0 amide bonds. The minimum atomic E-state index is -0.872. The van der Waals surface area contributed by atoms with Crippen LogP contribution >= 0.6 is 0 Å². The minimum absolute atomic E-state index is 0.0992. The van der Waals surface area contributed by atoms with E-state index in [1.54, 1.807) is 6.92 Å². The number of aliphatic imine (C=N–C) groups is 1. The topological polar surface area (TPSA) is 132 Å². The predicted octanol–water partition coefficient (Wildman–Crippen LogP) is -1.27. The first kappa shape index (κ1) is 18.4. The third kappa shape index (κ3) is 3.74. The maximum atomic E-state index is 12.6. The molecule has 9 nitrogen and oxygen atoms in total. The number of aryl methyl sites for hydroxylation is 1. The zero-order valence-electron chi connectivity index (χ0n) is 13.9. The molecule has 0 spiro atoms. The molecular formula is C15H24N4O5. The van der Waals surface area contributed by atoms with Crippen LogP contribution < -0.4 is 17.0 Å². The highest BCUT2D eigenvalue weighted by Crippen LogP contribution is 2.27. The summed E-state index contributed by atoms with van der Waals surface area (Å²) >= 11 is 0. The van der Waals surface area contributed by atoms with Crippen LogP contribution in [0.3, 0.4) is 0 Å². The maximum absolute atomic E-state index is 12.6. The van der Waals surface area contributed by atoms with Crippen molar-refractivity contribution in [2.45, 2.75) is 51.7 Å². The van der Waals surface area contributed by atoms with Crippen LogP contribution in [0.15, 0.2) is 20.8 Å². The van der Waals surface area contributed by atoms with Crippen LogP contribution in [-0.4, -0.2) is 50.5 Å². The first-order valence-electron chi connectivity index (χ1n) is 7.94. The summed E-state index contributed by atoms with van der Waals surface area (Å²) < 4.78 is 7.75. The van der Waals surface area contributed by atoms with Gasteiger partial charge in [0.25, 0.3) is 5.56 Å². The second kappa shape index (κ2) is 7.73. The number of nitrogens with zero attached hydrogens (tertiary/aromatic N) is 3. The number of hydrogen-bond donors (Lipinski definition) is 3. The fourth-order valence-corrected chi connectivity index (χ4v) is 2.62. The summed E-state index contributed by atoms with van der Waals surface area (Å²) in [5, 5.41) is 19.0. The molecule has 134 valence electrons. The third-order valence-electron chi connectivity index (χ3n) is 3.92. The molecule has 0 saturated carbocycles. The van der Waals surface area contributed by atoms with E-state index < -0.39 is 29.7 Å². The van der Waals surface area contributed by atoms with Crippen molar-refractivity contribution in [3.63, 3.8) is 0 Å². The van der Waals surface area contributed by atoms with E-state index in [-0.39, 0.29) is 25.4 Å². The van der Waals surface area contributed by atoms with Gasteiger partial charge in [-0.3, -0.25) is 18.9 Å². The highest BCUT2D eigenvalue weighted by atomic mass is 16.5. The van der Waals surface area contributed by atoms with Gasteiger partial charge >= 0.3 is 5.69 Å². The van der Waals surface area contributed by atoms with Crippen LogP contribution in [0.2, 0.25) is 0 Å². The Morgan fingerprint density at radius 1 is 1.50 bits per heavy atom. The van der Waals surface area contributed by atoms with E-state index in [1.165, 1.54) is 10.8 Å². The first-order chi connectivity index (χ1) is 11.4. The summed E-state index contributed by atoms with van der Waals surface area (Å²) in [6.07, 6.45) is -0.00399. The van der Waals surface area contributed by atoms with Crippen molar-refractivity contribution in [2.24, 2.45) is 10.7 Å². The molecule has 9 heteroatoms. The van der Waals surface area contributed by atoms with Gasteiger partial charge in [-0.05, 0) is 13.3 Å². The molecule has 2 heterocycles. The van der Waals surface area contributed by atoms with Crippen LogP contribution in [0.25, 0.3) is 0 Å². The number of hydrogen-bond acceptors (Lipinski definition) is 6. The van der Waals surface area contributed by atoms with Crippen LogP contribution in [0.4, 0.5) is 0 Å². The summed E-state index contributed by atoms with van der Waals surface area (Å²) in [4.78, 5) is 29.0. The molecule has 1 aliphatic rings. The standard InChI is InChI=1S/C15H24N4O5/c1-3-4-17-12(16)7-19-14(22)9(2)6-18(15(19)23)13-5-10(21)11(8-20)24-13/h6,10-11,13,20-21H,3-5,7-8H2,1-2H3,(H2,16,17)/t10-,11+,13+/m0/s1. The molecule has 1 aliphatic heterocycles. The summed E-state index contributed by atoms with van der Waals surface area (Å²) in [7, 11) is 0. The molecule has 0 radical (unpaired) electrons. The van der Waals surface area contributed by atoms with Crippen molar-refractivity contribution in [3.8, 4) is 0 Å². The van der Waals surface area contributed by atoms with Crippen molar-refractivity contribution in [1.82, 2.24) is 9.13 Å². The van der Waals surface area contributed by atoms with Gasteiger partial charge in [0.15, 0.2) is 0 Å². The normalized spacial score (nSPS) is 24.5. The lowest BCUT2D eigenvalue weighted by molar-refractivity contribution is -0.0463. The van der Waals surface area contributed by atoms with E-state index in [0.29, 0.717) is 12.1 Å². The van der Waals surface area contributed by atoms with Crippen molar-refractivity contribution in [2.75, 3.05) is 13.2 Å². The van der Waals surface area contributed by atoms with Gasteiger partial charge < -0.3 is 20.7 Å². The molecule has 0 aromatic carbocycles. The quantitative estimate of drug-likeness (QED) is 0.437. The van der Waals surface area contributed by atoms with Gasteiger partial charge in [0.2, 0.25) is 0 Å². The molecule has 0 aliphatic carbocycles. The van der Waals surface area contributed by atoms with Crippen molar-refractivity contribution < 1.29 is 14.9 Å². The van der Waals surface area contributed by atoms with E-state index in [0.717, 1.165) is 11.0 Å². The van der Waals surface area contributed by atoms with Crippen LogP contribution in [0, 0.1) is 6.92 Å². The highest BCUT2D eigenvalue weighted by molar-refractivity contribution is 5.80. The number of amidine groups is 1. The van der Waals surface area contributed by atoms with Crippen LogP contribution in [0.1, 0.15) is 31.6 Å². The molecule has 24 heavy (non-hydrogen) atoms. The van der Waals surface area contributed by atoms with Crippen molar-refractivity contribution in [1.29, 1.82) is 0 Å². The van der Waals surface area contributed by atoms with Gasteiger partial charge in [-0.1, -0.05) is 6.92 Å². The summed E-state index contributed by atoms with van der Waals surface area (Å²) in [5.41, 5.74) is 5.11. The average Bonchev–Trinajstić information content (AvgIpc) is 2.93. The molecule has 3 atom stereocenters. The van der Waals surface area contributed by atoms with Gasteiger partial charge in [-0.25, -0.2) is 4.79 Å². The lowest BCUT2D eigenvalue weighted by atomic mass is 10.2. The summed E-state index contributed by atoms with van der Waals surface area (Å²) in [6, 6.07) is 0. The first-order valence-corrected chi connectivity index (χ1v) is 7.94. The molecule has 4 N–H and O–H groups in total. The Morgan fingerprint density at radius 3 is 2.79 bits per heavy atom. The van der Waals surface area contributed by atoms with E-state index in [2.05, 4.69) is 4.99 Å². The molecule has 0 unspecified atom stereocenters. The predicted molar refractivity (Wildman–Crippen MR) is 88.1 cm³/mol. The van der Waals surface area contributed by atoms with Gasteiger partial charge in [-0.15, -0.1) is 0 Å². The Morgan fingerprint density at radius 2 is 2.21 bits per heavy atom. The van der Waals surface area contributed by atoms with Gasteiger partial charge in [-0.2, -0.15) is 0 Å². The van der Waals surface area contributed by atoms with Gasteiger partial charge in [0.05, 0.1) is 19.3 Å². The minimum Gasteiger partial charge on any atom is -0.394 e. The molecule has 1 saturated heterocycles. The number of aliphatic hydroxyl groups is 2. The average molecular weight is 340 g/mol. The molecular weight excluding hydrogens is 316 g/mol. The van der Waals surface area contributed by atoms with Gasteiger partial charge in [0.1, 0.15) is 18.2 Å². The van der Waals surface area contributed by atoms with Crippen molar-refractivity contribution >= 4 is 5.84 Å². The van der Waals surface area contributed by atoms with E-state index in [1.807, 2.05) is 6.92 Å². The fraction of sp³-hybridized carbons (Fsp3) is 0.667. The smallest absolute Gasteiger partial charge is 0.333 e. The fourth-order valence-electron chi connectivity index (χ4n) is 2.62. The third-order valence-corrected chi connectivity index (χ3v) is 3.92. The van der Waals surface area contributed by atoms with Crippen LogP contribution in [0.5, 0.6) is 0 Å². The molecule has 1 aromatic heterocycles. The van der Waals surface area contributed by atoms with E-state index >= 15 is 0 Å². The summed E-state index contributed by atoms with van der Waals surface area (Å²) in [5.74, 6) is 0.203. The number of aromatic nitrogens is 2. The van der Waals surface area contributed by atoms with Crippen molar-refractivity contribution in [3.05, 3.63) is 32.6 Å². The highest BCUT2D eigenvalue weighted by Gasteiger charge is 2.35. The lowest BCUT2D eigenvalue weighted by Crippen LogP contribution is -2.44. The second-order valence-corrected chi connectivity index (χ2v) is 5.88. The SMILES string of the molecule is CCCN=C(N)Cn1c(=O)c(C)cn([C@H]2C[C@H](O)[C@@H](CO)O2)c1=O. The molecule has 1 fully saturated rings. The number of nitrogens with two attached hydrogens (primary N) is 1. The Hall–Kier alpha value is -1.97. The number of ether oxygens (including phenoxy) is 1. The number of aliphatic hydroxyl groups excluding tert-OH is 2. The second-order valence-electron chi connectivity index (χ2n) is 5.88. The Balaban J connectivity index is 2.38. The molecule has 0 bridgehead atoms. The largest absolute Gasteiger partial charge is 0.394 e. The monoisotopic (exact) mass is 340 g/mol. The molecule has 2 rings (SSSR count). The Kier molecular flexibility index (Phi) is 5.92. The van der Waals surface area contributed by atoms with Crippen LogP contribution in [-0.2, 0) is 11.3 Å². The zero-order valence-corrected chi connectivity index (χ0v) is 13.9. The Labute approximate surface area is 139 Å². The molecule has 1 aromatic rings. The van der Waals surface area contributed by atoms with E-state index in [4.69, 9.17) is 15.6 Å². The zero-order chi connectivity index (χ0) is 17.9. The number of rotatable bonds is 6. The Bertz CT molecular complexity index is 724. The van der Waals surface area contributed by atoms with Gasteiger partial charge in [0, 0.05) is 24.7 Å². The lowest BCUT2D eigenvalue weighted by Gasteiger charge is -2.17. The van der Waals surface area contributed by atoms with E-state index in [9.17, 15) is 14.7 Å².